The first-order valence-electron chi connectivity index (χ1n) is 4.92. The van der Waals surface area contributed by atoms with Crippen molar-refractivity contribution in [3.63, 3.8) is 0 Å². The average molecular weight is 196 g/mol. The zero-order chi connectivity index (χ0) is 11.1. The molecule has 0 saturated heterocycles. The summed E-state index contributed by atoms with van der Waals surface area (Å²) in [7, 11) is 0. The zero-order valence-corrected chi connectivity index (χ0v) is 9.44. The normalized spacial score (nSPS) is 16.3. The molecule has 0 saturated carbocycles. The summed E-state index contributed by atoms with van der Waals surface area (Å²) < 4.78 is 0. The van der Waals surface area contributed by atoms with E-state index < -0.39 is 0 Å². The first kappa shape index (κ1) is 13.0. The van der Waals surface area contributed by atoms with Gasteiger partial charge in [0, 0.05) is 17.5 Å². The van der Waals surface area contributed by atoms with Crippen LogP contribution in [0, 0.1) is 11.8 Å². The summed E-state index contributed by atoms with van der Waals surface area (Å²) in [5.41, 5.74) is 15.1. The fourth-order valence-electron chi connectivity index (χ4n) is 1.48. The lowest BCUT2D eigenvalue weighted by atomic mass is 9.88. The Morgan fingerprint density at radius 2 is 2.07 bits per heavy atom. The van der Waals surface area contributed by atoms with Crippen molar-refractivity contribution in [2.24, 2.45) is 22.7 Å². The third-order valence-electron chi connectivity index (χ3n) is 2.24. The topological polar surface area (TPSA) is 74.8 Å². The molecule has 0 fully saturated rings. The van der Waals surface area contributed by atoms with Crippen molar-refractivity contribution >= 4 is 0 Å². The molecule has 0 amide bonds. The molecule has 0 radical (unpaired) electrons. The molecule has 0 aromatic heterocycles. The van der Waals surface area contributed by atoms with Gasteiger partial charge in [-0.1, -0.05) is 30.6 Å². The molecule has 80 valence electrons. The molecule has 2 atom stereocenters. The molecule has 14 heavy (non-hydrogen) atoms. The van der Waals surface area contributed by atoms with E-state index in [0.717, 1.165) is 5.57 Å². The van der Waals surface area contributed by atoms with Crippen LogP contribution >= 0.6 is 0 Å². The minimum Gasteiger partial charge on any atom is -0.327 e. The van der Waals surface area contributed by atoms with Crippen molar-refractivity contribution in [1.29, 1.82) is 0 Å². The molecular formula is C10H20N4. The van der Waals surface area contributed by atoms with Crippen LogP contribution in [0.25, 0.3) is 10.4 Å². The van der Waals surface area contributed by atoms with Gasteiger partial charge in [-0.3, -0.25) is 0 Å². The fourth-order valence-corrected chi connectivity index (χ4v) is 1.48. The Morgan fingerprint density at radius 1 is 1.50 bits per heavy atom. The van der Waals surface area contributed by atoms with Crippen LogP contribution in [0.4, 0.5) is 0 Å². The summed E-state index contributed by atoms with van der Waals surface area (Å²) in [6.45, 7) is 8.69. The molecular weight excluding hydrogens is 176 g/mol. The third kappa shape index (κ3) is 4.90. The lowest BCUT2D eigenvalue weighted by Crippen LogP contribution is -2.29. The molecule has 0 rings (SSSR count). The van der Waals surface area contributed by atoms with Gasteiger partial charge in [-0.2, -0.15) is 0 Å². The third-order valence-corrected chi connectivity index (χ3v) is 2.24. The molecule has 0 spiro atoms. The molecule has 0 aromatic rings. The quantitative estimate of drug-likeness (QED) is 0.312. The van der Waals surface area contributed by atoms with Crippen molar-refractivity contribution in [3.8, 4) is 0 Å². The van der Waals surface area contributed by atoms with Gasteiger partial charge >= 0.3 is 0 Å². The van der Waals surface area contributed by atoms with Crippen LogP contribution in [0.3, 0.4) is 0 Å². The van der Waals surface area contributed by atoms with Gasteiger partial charge in [-0.15, -0.1) is 0 Å². The van der Waals surface area contributed by atoms with E-state index in [2.05, 4.69) is 29.9 Å². The van der Waals surface area contributed by atoms with E-state index in [4.69, 9.17) is 11.3 Å². The maximum Gasteiger partial charge on any atom is 0.0467 e. The van der Waals surface area contributed by atoms with Gasteiger partial charge in [0.25, 0.3) is 0 Å². The highest BCUT2D eigenvalue weighted by Gasteiger charge is 2.14. The fraction of sp³-hybridized carbons (Fsp3) is 0.800. The number of azide groups is 1. The number of nitrogens with two attached hydrogens (primary N) is 1. The number of rotatable bonds is 5. The molecule has 2 unspecified atom stereocenters. The largest absolute Gasteiger partial charge is 0.327 e. The summed E-state index contributed by atoms with van der Waals surface area (Å²) in [5, 5.41) is 3.51. The highest BCUT2D eigenvalue weighted by atomic mass is 15.1. The van der Waals surface area contributed by atoms with E-state index in [1.165, 1.54) is 0 Å². The average Bonchev–Trinajstić information content (AvgIpc) is 2.09. The van der Waals surface area contributed by atoms with Gasteiger partial charge in [0.05, 0.1) is 0 Å². The Hall–Kier alpha value is -0.990. The van der Waals surface area contributed by atoms with Gasteiger partial charge in [-0.25, -0.2) is 0 Å². The Balaban J connectivity index is 4.46. The van der Waals surface area contributed by atoms with Crippen molar-refractivity contribution in [1.82, 2.24) is 0 Å². The van der Waals surface area contributed by atoms with Crippen LogP contribution in [0.2, 0.25) is 0 Å². The van der Waals surface area contributed by atoms with E-state index in [1.54, 1.807) is 0 Å². The second-order valence-corrected chi connectivity index (χ2v) is 4.08. The Bertz CT molecular complexity index is 229. The predicted octanol–water partition coefficient (Wildman–Crippen LogP) is 2.86. The van der Waals surface area contributed by atoms with Gasteiger partial charge < -0.3 is 5.73 Å². The molecule has 0 heterocycles. The van der Waals surface area contributed by atoms with Crippen LogP contribution < -0.4 is 5.73 Å². The van der Waals surface area contributed by atoms with Crippen molar-refractivity contribution in [2.75, 3.05) is 6.54 Å². The molecule has 0 aliphatic carbocycles. The van der Waals surface area contributed by atoms with Crippen LogP contribution in [-0.4, -0.2) is 12.6 Å². The summed E-state index contributed by atoms with van der Waals surface area (Å²) >= 11 is 0. The van der Waals surface area contributed by atoms with Crippen LogP contribution in [0.1, 0.15) is 27.7 Å². The molecule has 4 nitrogen and oxygen atoms in total. The summed E-state index contributed by atoms with van der Waals surface area (Å²) in [5.74, 6) is 0.861. The maximum atomic E-state index is 8.17. The van der Waals surface area contributed by atoms with Crippen molar-refractivity contribution in [2.45, 2.75) is 33.7 Å². The first-order valence-corrected chi connectivity index (χ1v) is 4.92. The van der Waals surface area contributed by atoms with E-state index in [0.29, 0.717) is 18.4 Å². The highest BCUT2D eigenvalue weighted by molar-refractivity contribution is 5.05. The van der Waals surface area contributed by atoms with Crippen molar-refractivity contribution in [3.05, 3.63) is 22.1 Å². The van der Waals surface area contributed by atoms with E-state index >= 15 is 0 Å². The number of nitrogens with zero attached hydrogens (tertiary/aromatic N) is 3. The van der Waals surface area contributed by atoms with Gasteiger partial charge in [0.1, 0.15) is 0 Å². The van der Waals surface area contributed by atoms with Gasteiger partial charge in [0.2, 0.25) is 0 Å². The predicted molar refractivity (Wildman–Crippen MR) is 59.7 cm³/mol. The van der Waals surface area contributed by atoms with Crippen LogP contribution in [0.15, 0.2) is 16.8 Å². The second-order valence-electron chi connectivity index (χ2n) is 4.08. The van der Waals surface area contributed by atoms with E-state index in [1.807, 2.05) is 13.8 Å². The molecule has 0 aromatic carbocycles. The summed E-state index contributed by atoms with van der Waals surface area (Å²) in [6.07, 6.45) is 2.12. The molecule has 0 aliphatic rings. The Labute approximate surface area is 85.8 Å². The smallest absolute Gasteiger partial charge is 0.0467 e. The first-order chi connectivity index (χ1) is 6.49. The van der Waals surface area contributed by atoms with Crippen LogP contribution in [0.5, 0.6) is 0 Å². The van der Waals surface area contributed by atoms with E-state index in [-0.39, 0.29) is 6.04 Å². The van der Waals surface area contributed by atoms with E-state index in [9.17, 15) is 0 Å². The molecule has 4 heteroatoms. The standard InChI is InChI=1S/C10H20N4/c1-7(2)10(9(4)11)5-8(3)6-13-14-12/h5,7,9-10H,6,11H2,1-4H3/b8-5+. The summed E-state index contributed by atoms with van der Waals surface area (Å²) in [4.78, 5) is 2.73. The maximum absolute atomic E-state index is 8.17. The number of hydrogen-bond donors (Lipinski definition) is 1. The Kier molecular flexibility index (Phi) is 6.00. The second kappa shape index (κ2) is 6.46. The van der Waals surface area contributed by atoms with Crippen LogP contribution in [-0.2, 0) is 0 Å². The lowest BCUT2D eigenvalue weighted by Gasteiger charge is -2.21. The minimum absolute atomic E-state index is 0.135. The lowest BCUT2D eigenvalue weighted by molar-refractivity contribution is 0.402. The molecule has 2 N–H and O–H groups in total. The van der Waals surface area contributed by atoms with Gasteiger partial charge in [-0.05, 0) is 31.2 Å². The highest BCUT2D eigenvalue weighted by Crippen LogP contribution is 2.17. The number of hydrogen-bond acceptors (Lipinski definition) is 2. The molecule has 0 bridgehead atoms. The SMILES string of the molecule is C/C(=C\C(C(C)C)C(C)N)CN=[N+]=[N-]. The Morgan fingerprint density at radius 3 is 2.43 bits per heavy atom. The zero-order valence-electron chi connectivity index (χ0n) is 9.44. The monoisotopic (exact) mass is 196 g/mol. The summed E-state index contributed by atoms with van der Waals surface area (Å²) in [6, 6.07) is 0.135. The minimum atomic E-state index is 0.135. The molecule has 0 aliphatic heterocycles. The van der Waals surface area contributed by atoms with Gasteiger partial charge in [0.15, 0.2) is 0 Å². The van der Waals surface area contributed by atoms with Crippen molar-refractivity contribution < 1.29 is 0 Å².